The second kappa shape index (κ2) is 8.76. The zero-order valence-electron chi connectivity index (χ0n) is 14.2. The van der Waals surface area contributed by atoms with Gasteiger partial charge in [-0.15, -0.1) is 0 Å². The molecule has 1 aromatic carbocycles. The van der Waals surface area contributed by atoms with Crippen LogP contribution >= 0.6 is 0 Å². The van der Waals surface area contributed by atoms with Crippen molar-refractivity contribution in [1.29, 1.82) is 0 Å². The number of carboxylic acid groups (broad SMARTS) is 1. The number of nitrogens with zero attached hydrogens (tertiary/aromatic N) is 1. The molecule has 1 rings (SSSR count). The molecule has 3 N–H and O–H groups in total. The average Bonchev–Trinajstić information content (AvgIpc) is 2.53. The van der Waals surface area contributed by atoms with Gasteiger partial charge in [-0.25, -0.2) is 4.79 Å². The Balaban J connectivity index is 2.73. The van der Waals surface area contributed by atoms with Gasteiger partial charge in [-0.2, -0.15) is 0 Å². The van der Waals surface area contributed by atoms with Gasteiger partial charge < -0.3 is 15.7 Å². The predicted octanol–water partition coefficient (Wildman–Crippen LogP) is 1.33. The number of nitro benzene ring substituents is 1. The van der Waals surface area contributed by atoms with Crippen LogP contribution in [0.5, 0.6) is 0 Å². The first-order valence-corrected chi connectivity index (χ1v) is 7.70. The summed E-state index contributed by atoms with van der Waals surface area (Å²) in [5, 5.41) is 24.6. The highest BCUT2D eigenvalue weighted by atomic mass is 16.6. The van der Waals surface area contributed by atoms with Crippen LogP contribution in [0.4, 0.5) is 5.69 Å². The largest absolute Gasteiger partial charge is 0.480 e. The second-order valence-corrected chi connectivity index (χ2v) is 6.03. The zero-order chi connectivity index (χ0) is 19.1. The van der Waals surface area contributed by atoms with E-state index in [0.29, 0.717) is 0 Å². The molecule has 2 atom stereocenters. The first-order chi connectivity index (χ1) is 11.6. The lowest BCUT2D eigenvalue weighted by atomic mass is 10.0. The molecule has 0 heterocycles. The van der Waals surface area contributed by atoms with Crippen LogP contribution in [-0.4, -0.2) is 39.9 Å². The van der Waals surface area contributed by atoms with E-state index >= 15 is 0 Å². The topological polar surface area (TPSA) is 139 Å². The van der Waals surface area contributed by atoms with E-state index in [-0.39, 0.29) is 23.6 Å². The minimum Gasteiger partial charge on any atom is -0.480 e. The van der Waals surface area contributed by atoms with E-state index in [1.54, 1.807) is 0 Å². The number of benzene rings is 1. The molecule has 9 nitrogen and oxygen atoms in total. The van der Waals surface area contributed by atoms with Gasteiger partial charge >= 0.3 is 5.97 Å². The van der Waals surface area contributed by atoms with Crippen molar-refractivity contribution in [2.75, 3.05) is 0 Å². The van der Waals surface area contributed by atoms with Gasteiger partial charge in [0.05, 0.1) is 4.92 Å². The van der Waals surface area contributed by atoms with Gasteiger partial charge in [0.1, 0.15) is 12.1 Å². The maximum atomic E-state index is 12.1. The number of hydrogen-bond acceptors (Lipinski definition) is 5. The SMILES string of the molecule is CC(C)C[C@@H](NC(=O)C(C)NC(=O)c1cccc([N+](=O)[O-])c1)C(=O)O. The average molecular weight is 351 g/mol. The highest BCUT2D eigenvalue weighted by molar-refractivity contribution is 5.98. The number of carboxylic acids is 1. The monoisotopic (exact) mass is 351 g/mol. The Bertz CT molecular complexity index is 674. The fourth-order valence-electron chi connectivity index (χ4n) is 2.10. The number of hydrogen-bond donors (Lipinski definition) is 3. The molecular weight excluding hydrogens is 330 g/mol. The van der Waals surface area contributed by atoms with Gasteiger partial charge in [-0.05, 0) is 25.3 Å². The second-order valence-electron chi connectivity index (χ2n) is 6.03. The van der Waals surface area contributed by atoms with Crippen molar-refractivity contribution >= 4 is 23.5 Å². The number of aliphatic carboxylic acids is 1. The quantitative estimate of drug-likeness (QED) is 0.477. The Morgan fingerprint density at radius 1 is 1.20 bits per heavy atom. The third-order valence-electron chi connectivity index (χ3n) is 3.38. The van der Waals surface area contributed by atoms with Crippen molar-refractivity contribution < 1.29 is 24.4 Å². The molecular formula is C16H21N3O6. The van der Waals surface area contributed by atoms with E-state index in [1.807, 2.05) is 13.8 Å². The van der Waals surface area contributed by atoms with Gasteiger partial charge in [0.25, 0.3) is 11.6 Å². The summed E-state index contributed by atoms with van der Waals surface area (Å²) in [7, 11) is 0. The third-order valence-corrected chi connectivity index (χ3v) is 3.38. The Kier molecular flexibility index (Phi) is 7.04. The fraction of sp³-hybridized carbons (Fsp3) is 0.438. The molecule has 0 spiro atoms. The molecule has 0 bridgehead atoms. The van der Waals surface area contributed by atoms with Crippen molar-refractivity contribution in [3.8, 4) is 0 Å². The van der Waals surface area contributed by atoms with E-state index in [4.69, 9.17) is 5.11 Å². The summed E-state index contributed by atoms with van der Waals surface area (Å²) in [6, 6.07) is 3.03. The molecule has 0 aromatic heterocycles. The molecule has 1 aromatic rings. The molecule has 0 aliphatic heterocycles. The van der Waals surface area contributed by atoms with Crippen molar-refractivity contribution in [2.45, 2.75) is 39.3 Å². The summed E-state index contributed by atoms with van der Waals surface area (Å²) in [6.45, 7) is 5.06. The summed E-state index contributed by atoms with van der Waals surface area (Å²) in [5.41, 5.74) is -0.210. The summed E-state index contributed by atoms with van der Waals surface area (Å²) in [5.74, 6) is -2.40. The standard InChI is InChI=1S/C16H21N3O6/c1-9(2)7-13(16(22)23)18-14(20)10(3)17-15(21)11-5-4-6-12(8-11)19(24)25/h4-6,8-10,13H,7H2,1-3H3,(H,17,21)(H,18,20)(H,22,23)/t10?,13-/m1/s1. The lowest BCUT2D eigenvalue weighted by molar-refractivity contribution is -0.384. The van der Waals surface area contributed by atoms with Gasteiger partial charge in [-0.3, -0.25) is 19.7 Å². The minimum absolute atomic E-state index is 0.0332. The molecule has 9 heteroatoms. The van der Waals surface area contributed by atoms with Crippen molar-refractivity contribution in [3.05, 3.63) is 39.9 Å². The number of amides is 2. The molecule has 0 aliphatic rings. The van der Waals surface area contributed by atoms with Gasteiger partial charge in [0.2, 0.25) is 5.91 Å². The van der Waals surface area contributed by atoms with Crippen LogP contribution in [0.1, 0.15) is 37.6 Å². The van der Waals surface area contributed by atoms with E-state index in [2.05, 4.69) is 10.6 Å². The summed E-state index contributed by atoms with van der Waals surface area (Å²) < 4.78 is 0. The van der Waals surface area contributed by atoms with Gasteiger partial charge in [0.15, 0.2) is 0 Å². The van der Waals surface area contributed by atoms with Crippen molar-refractivity contribution in [2.24, 2.45) is 5.92 Å². The van der Waals surface area contributed by atoms with E-state index in [1.165, 1.54) is 25.1 Å². The highest BCUT2D eigenvalue weighted by Gasteiger charge is 2.25. The fourth-order valence-corrected chi connectivity index (χ4v) is 2.10. The molecule has 0 radical (unpaired) electrons. The molecule has 0 aliphatic carbocycles. The van der Waals surface area contributed by atoms with Crippen LogP contribution in [0.2, 0.25) is 0 Å². The van der Waals surface area contributed by atoms with Crippen LogP contribution in [0.15, 0.2) is 24.3 Å². The van der Waals surface area contributed by atoms with Crippen molar-refractivity contribution in [3.63, 3.8) is 0 Å². The molecule has 136 valence electrons. The van der Waals surface area contributed by atoms with E-state index < -0.39 is 34.8 Å². The first kappa shape index (κ1) is 20.1. The third kappa shape index (κ3) is 6.21. The van der Waals surface area contributed by atoms with Crippen LogP contribution in [0.3, 0.4) is 0 Å². The number of nitro groups is 1. The summed E-state index contributed by atoms with van der Waals surface area (Å²) in [6.07, 6.45) is 0.257. The van der Waals surface area contributed by atoms with E-state index in [9.17, 15) is 24.5 Å². The Hall–Kier alpha value is -2.97. The smallest absolute Gasteiger partial charge is 0.326 e. The minimum atomic E-state index is -1.15. The normalized spacial score (nSPS) is 13.0. The Morgan fingerprint density at radius 2 is 1.84 bits per heavy atom. The maximum Gasteiger partial charge on any atom is 0.326 e. The van der Waals surface area contributed by atoms with Crippen LogP contribution in [0.25, 0.3) is 0 Å². The number of carbonyl (C=O) groups is 3. The summed E-state index contributed by atoms with van der Waals surface area (Å²) >= 11 is 0. The first-order valence-electron chi connectivity index (χ1n) is 7.70. The molecule has 0 fully saturated rings. The molecule has 1 unspecified atom stereocenters. The Labute approximate surface area is 144 Å². The Morgan fingerprint density at radius 3 is 2.36 bits per heavy atom. The van der Waals surface area contributed by atoms with E-state index in [0.717, 1.165) is 6.07 Å². The zero-order valence-corrected chi connectivity index (χ0v) is 14.2. The molecule has 2 amide bonds. The molecule has 0 saturated carbocycles. The van der Waals surface area contributed by atoms with Gasteiger partial charge in [-0.1, -0.05) is 19.9 Å². The number of nitrogens with one attached hydrogen (secondary N) is 2. The molecule has 0 saturated heterocycles. The number of carbonyl (C=O) groups excluding carboxylic acids is 2. The predicted molar refractivity (Wildman–Crippen MR) is 89.0 cm³/mol. The number of rotatable bonds is 8. The van der Waals surface area contributed by atoms with Crippen LogP contribution < -0.4 is 10.6 Å². The van der Waals surface area contributed by atoms with Gasteiger partial charge in [0, 0.05) is 17.7 Å². The van der Waals surface area contributed by atoms with Crippen LogP contribution in [-0.2, 0) is 9.59 Å². The van der Waals surface area contributed by atoms with Crippen molar-refractivity contribution in [1.82, 2.24) is 10.6 Å². The van der Waals surface area contributed by atoms with Crippen LogP contribution in [0, 0.1) is 16.0 Å². The molecule has 25 heavy (non-hydrogen) atoms. The lowest BCUT2D eigenvalue weighted by Gasteiger charge is -2.20. The highest BCUT2D eigenvalue weighted by Crippen LogP contribution is 2.13. The maximum absolute atomic E-state index is 12.1. The number of non-ortho nitro benzene ring substituents is 1. The lowest BCUT2D eigenvalue weighted by Crippen LogP contribution is -2.50. The summed E-state index contributed by atoms with van der Waals surface area (Å²) in [4.78, 5) is 45.5.